The van der Waals surface area contributed by atoms with Crippen LogP contribution in [0.1, 0.15) is 5.56 Å². The summed E-state index contributed by atoms with van der Waals surface area (Å²) >= 11 is 0. The first-order valence-electron chi connectivity index (χ1n) is 6.08. The molecule has 0 radical (unpaired) electrons. The first-order chi connectivity index (χ1) is 9.02. The molecule has 0 saturated carbocycles. The van der Waals surface area contributed by atoms with Gasteiger partial charge in [-0.3, -0.25) is 0 Å². The quantitative estimate of drug-likeness (QED) is 0.579. The van der Waals surface area contributed by atoms with Crippen LogP contribution in [-0.2, 0) is 11.2 Å². The van der Waals surface area contributed by atoms with Crippen molar-refractivity contribution in [3.05, 3.63) is 35.6 Å². The van der Waals surface area contributed by atoms with Crippen LogP contribution < -0.4 is 0 Å². The Morgan fingerprint density at radius 2 is 1.53 bits per heavy atom. The molecule has 0 aliphatic carbocycles. The van der Waals surface area contributed by atoms with Gasteiger partial charge < -0.3 is 25.2 Å². The van der Waals surface area contributed by atoms with Gasteiger partial charge in [-0.15, -0.1) is 0 Å². The summed E-state index contributed by atoms with van der Waals surface area (Å²) in [5, 5.41) is 38.2. The fraction of sp³-hybridized carbons (Fsp3) is 0.538. The van der Waals surface area contributed by atoms with Gasteiger partial charge in [0.1, 0.15) is 30.2 Å². The molecule has 6 heteroatoms. The van der Waals surface area contributed by atoms with E-state index in [1.165, 1.54) is 12.1 Å². The minimum Gasteiger partial charge on any atom is -0.394 e. The van der Waals surface area contributed by atoms with Gasteiger partial charge in [0.15, 0.2) is 0 Å². The molecule has 19 heavy (non-hydrogen) atoms. The van der Waals surface area contributed by atoms with Gasteiger partial charge in [-0.1, -0.05) is 12.1 Å². The number of hydrogen-bond donors (Lipinski definition) is 4. The smallest absolute Gasteiger partial charge is 0.123 e. The second-order valence-electron chi connectivity index (χ2n) is 4.70. The number of aliphatic hydroxyl groups excluding tert-OH is 4. The van der Waals surface area contributed by atoms with E-state index in [9.17, 15) is 19.7 Å². The van der Waals surface area contributed by atoms with E-state index in [2.05, 4.69) is 0 Å². The third kappa shape index (κ3) is 3.10. The summed E-state index contributed by atoms with van der Waals surface area (Å²) in [6.45, 7) is -0.454. The summed E-state index contributed by atoms with van der Waals surface area (Å²) in [6, 6.07) is 5.69. The Hall–Kier alpha value is -1.05. The first-order valence-corrected chi connectivity index (χ1v) is 6.08. The van der Waals surface area contributed by atoms with Gasteiger partial charge in [0.25, 0.3) is 0 Å². The topological polar surface area (TPSA) is 90.2 Å². The lowest BCUT2D eigenvalue weighted by Gasteiger charge is -2.40. The predicted octanol–water partition coefficient (Wildman–Crippen LogP) is -0.789. The Labute approximate surface area is 109 Å². The second kappa shape index (κ2) is 5.94. The summed E-state index contributed by atoms with van der Waals surface area (Å²) in [7, 11) is 0. The van der Waals surface area contributed by atoms with Gasteiger partial charge in [0.2, 0.25) is 0 Å². The van der Waals surface area contributed by atoms with Crippen molar-refractivity contribution >= 4 is 0 Å². The molecule has 1 aliphatic rings. The fourth-order valence-electron chi connectivity index (χ4n) is 2.20. The zero-order valence-corrected chi connectivity index (χ0v) is 10.2. The van der Waals surface area contributed by atoms with Crippen LogP contribution in [0.3, 0.4) is 0 Å². The van der Waals surface area contributed by atoms with Gasteiger partial charge in [0.05, 0.1) is 12.7 Å². The van der Waals surface area contributed by atoms with E-state index in [-0.39, 0.29) is 12.2 Å². The largest absolute Gasteiger partial charge is 0.394 e. The third-order valence-electron chi connectivity index (χ3n) is 3.34. The number of ether oxygens (including phenoxy) is 1. The van der Waals surface area contributed by atoms with E-state index in [0.717, 1.165) is 5.56 Å². The van der Waals surface area contributed by atoms with Crippen LogP contribution in [0.2, 0.25) is 0 Å². The zero-order chi connectivity index (χ0) is 14.0. The molecule has 2 rings (SSSR count). The second-order valence-corrected chi connectivity index (χ2v) is 4.70. The molecule has 4 N–H and O–H groups in total. The highest BCUT2D eigenvalue weighted by atomic mass is 19.1. The number of hydrogen-bond acceptors (Lipinski definition) is 5. The van der Waals surface area contributed by atoms with Gasteiger partial charge in [-0.25, -0.2) is 4.39 Å². The molecule has 1 saturated heterocycles. The van der Waals surface area contributed by atoms with Gasteiger partial charge >= 0.3 is 0 Å². The molecule has 0 unspecified atom stereocenters. The standard InChI is InChI=1S/C13H17FO5/c14-8-3-1-7(2-4-8)5-9-11(16)13(18)12(17)10(6-15)19-9/h1-4,9-13,15-18H,5-6H2/t9-,10+,11-,12+,13+/m0/s1. The number of halogens is 1. The van der Waals surface area contributed by atoms with Gasteiger partial charge in [-0.05, 0) is 17.7 Å². The average Bonchev–Trinajstić information content (AvgIpc) is 2.42. The molecule has 106 valence electrons. The Morgan fingerprint density at radius 1 is 0.947 bits per heavy atom. The van der Waals surface area contributed by atoms with E-state index < -0.39 is 37.1 Å². The predicted molar refractivity (Wildman–Crippen MR) is 63.9 cm³/mol. The molecule has 5 nitrogen and oxygen atoms in total. The van der Waals surface area contributed by atoms with E-state index >= 15 is 0 Å². The minimum atomic E-state index is -1.38. The van der Waals surface area contributed by atoms with E-state index in [0.29, 0.717) is 0 Å². The van der Waals surface area contributed by atoms with E-state index in [4.69, 9.17) is 9.84 Å². The van der Waals surface area contributed by atoms with Crippen LogP contribution >= 0.6 is 0 Å². The van der Waals surface area contributed by atoms with Gasteiger partial charge in [-0.2, -0.15) is 0 Å². The molecule has 1 fully saturated rings. The molecule has 0 amide bonds. The van der Waals surface area contributed by atoms with Gasteiger partial charge in [0, 0.05) is 6.42 Å². The van der Waals surface area contributed by atoms with Crippen LogP contribution in [0.5, 0.6) is 0 Å². The van der Waals surface area contributed by atoms with Crippen molar-refractivity contribution in [2.75, 3.05) is 6.61 Å². The Balaban J connectivity index is 2.08. The Morgan fingerprint density at radius 3 is 2.11 bits per heavy atom. The molecule has 1 heterocycles. The monoisotopic (exact) mass is 272 g/mol. The highest BCUT2D eigenvalue weighted by Gasteiger charge is 2.43. The van der Waals surface area contributed by atoms with Crippen molar-refractivity contribution < 1.29 is 29.6 Å². The summed E-state index contributed by atoms with van der Waals surface area (Å²) in [4.78, 5) is 0. The summed E-state index contributed by atoms with van der Waals surface area (Å²) in [6.07, 6.45) is -5.42. The first kappa shape index (κ1) is 14.4. The average molecular weight is 272 g/mol. The molecule has 1 aromatic rings. The maximum Gasteiger partial charge on any atom is 0.123 e. The minimum absolute atomic E-state index is 0.252. The maximum absolute atomic E-state index is 12.8. The Bertz CT molecular complexity index is 408. The third-order valence-corrected chi connectivity index (χ3v) is 3.34. The molecule has 5 atom stereocenters. The lowest BCUT2D eigenvalue weighted by atomic mass is 9.92. The molecule has 1 aliphatic heterocycles. The molecule has 0 spiro atoms. The van der Waals surface area contributed by atoms with Crippen LogP contribution in [0.25, 0.3) is 0 Å². The summed E-state index contributed by atoms with van der Waals surface area (Å²) in [5.74, 6) is -0.363. The van der Waals surface area contributed by atoms with Crippen molar-refractivity contribution in [2.45, 2.75) is 36.9 Å². The van der Waals surface area contributed by atoms with Crippen molar-refractivity contribution in [3.63, 3.8) is 0 Å². The lowest BCUT2D eigenvalue weighted by Crippen LogP contribution is -2.58. The molecular formula is C13H17FO5. The van der Waals surface area contributed by atoms with Crippen molar-refractivity contribution in [2.24, 2.45) is 0 Å². The van der Waals surface area contributed by atoms with Crippen LogP contribution in [0.4, 0.5) is 4.39 Å². The summed E-state index contributed by atoms with van der Waals surface area (Å²) < 4.78 is 18.1. The van der Waals surface area contributed by atoms with E-state index in [1.807, 2.05) is 0 Å². The number of aliphatic hydroxyl groups is 4. The lowest BCUT2D eigenvalue weighted by molar-refractivity contribution is -0.228. The summed E-state index contributed by atoms with van der Waals surface area (Å²) in [5.41, 5.74) is 0.728. The van der Waals surface area contributed by atoms with E-state index in [1.54, 1.807) is 12.1 Å². The van der Waals surface area contributed by atoms with Crippen LogP contribution in [-0.4, -0.2) is 57.6 Å². The molecular weight excluding hydrogens is 255 g/mol. The number of rotatable bonds is 3. The molecule has 0 aromatic heterocycles. The Kier molecular flexibility index (Phi) is 4.49. The zero-order valence-electron chi connectivity index (χ0n) is 10.2. The molecule has 1 aromatic carbocycles. The van der Waals surface area contributed by atoms with Crippen molar-refractivity contribution in [1.29, 1.82) is 0 Å². The maximum atomic E-state index is 12.8. The highest BCUT2D eigenvalue weighted by Crippen LogP contribution is 2.23. The van der Waals surface area contributed by atoms with Crippen molar-refractivity contribution in [3.8, 4) is 0 Å². The van der Waals surface area contributed by atoms with Crippen LogP contribution in [0.15, 0.2) is 24.3 Å². The highest BCUT2D eigenvalue weighted by molar-refractivity contribution is 5.17. The van der Waals surface area contributed by atoms with Crippen LogP contribution in [0, 0.1) is 5.82 Å². The number of benzene rings is 1. The van der Waals surface area contributed by atoms with Crippen molar-refractivity contribution in [1.82, 2.24) is 0 Å². The molecule has 0 bridgehead atoms. The fourth-order valence-corrected chi connectivity index (χ4v) is 2.20. The SMILES string of the molecule is OC[C@H]1O[C@@H](Cc2ccc(F)cc2)[C@H](O)[C@@H](O)[C@@H]1O. The normalized spacial score (nSPS) is 35.3.